The summed E-state index contributed by atoms with van der Waals surface area (Å²) in [5.41, 5.74) is 0.748. The van der Waals surface area contributed by atoms with Crippen LogP contribution in [0.1, 0.15) is 29.3 Å². The van der Waals surface area contributed by atoms with E-state index in [0.29, 0.717) is 5.56 Å². The summed E-state index contributed by atoms with van der Waals surface area (Å²) in [6.07, 6.45) is -1.13. The molecular weight excluding hydrogens is 404 g/mol. The number of ether oxygens (including phenoxy) is 1. The Kier molecular flexibility index (Phi) is 7.70. The molecule has 1 aromatic carbocycles. The SMILES string of the molecule is CCOC(=O)NC(=O)c1ccsc1NC(=O)CCS(=O)(=O)Cc1ccccc1. The van der Waals surface area contributed by atoms with Crippen molar-refractivity contribution in [1.29, 1.82) is 0 Å². The molecule has 0 radical (unpaired) electrons. The van der Waals surface area contributed by atoms with E-state index < -0.39 is 27.7 Å². The van der Waals surface area contributed by atoms with Gasteiger partial charge in [-0.15, -0.1) is 11.3 Å². The molecule has 10 heteroatoms. The van der Waals surface area contributed by atoms with Gasteiger partial charge in [0.25, 0.3) is 5.91 Å². The highest BCUT2D eigenvalue weighted by Gasteiger charge is 2.19. The minimum atomic E-state index is -3.46. The van der Waals surface area contributed by atoms with Crippen LogP contribution in [-0.2, 0) is 25.1 Å². The van der Waals surface area contributed by atoms with Crippen LogP contribution in [0, 0.1) is 0 Å². The van der Waals surface area contributed by atoms with Gasteiger partial charge in [0.1, 0.15) is 5.00 Å². The largest absolute Gasteiger partial charge is 0.450 e. The number of benzene rings is 1. The third-order valence-electron chi connectivity index (χ3n) is 3.52. The second kappa shape index (κ2) is 10.00. The number of amides is 3. The smallest absolute Gasteiger partial charge is 0.414 e. The van der Waals surface area contributed by atoms with Crippen molar-refractivity contribution in [3.05, 3.63) is 52.9 Å². The second-order valence-electron chi connectivity index (χ2n) is 5.71. The fourth-order valence-electron chi connectivity index (χ4n) is 2.25. The molecule has 150 valence electrons. The third-order valence-corrected chi connectivity index (χ3v) is 5.95. The van der Waals surface area contributed by atoms with E-state index >= 15 is 0 Å². The Morgan fingerprint density at radius 1 is 1.11 bits per heavy atom. The van der Waals surface area contributed by atoms with Gasteiger partial charge >= 0.3 is 6.09 Å². The van der Waals surface area contributed by atoms with Crippen molar-refractivity contribution >= 4 is 44.1 Å². The lowest BCUT2D eigenvalue weighted by Crippen LogP contribution is -2.31. The number of alkyl carbamates (subject to hydrolysis) is 1. The maximum Gasteiger partial charge on any atom is 0.414 e. The number of hydrogen-bond acceptors (Lipinski definition) is 7. The third kappa shape index (κ3) is 6.78. The first-order valence-electron chi connectivity index (χ1n) is 8.40. The zero-order chi connectivity index (χ0) is 20.6. The Hall–Kier alpha value is -2.72. The van der Waals surface area contributed by atoms with Crippen molar-refractivity contribution in [2.45, 2.75) is 19.1 Å². The van der Waals surface area contributed by atoms with Gasteiger partial charge in [-0.1, -0.05) is 30.3 Å². The Bertz CT molecular complexity index is 938. The Labute approximate surface area is 166 Å². The van der Waals surface area contributed by atoms with Crippen LogP contribution in [-0.4, -0.2) is 38.7 Å². The predicted molar refractivity (Wildman–Crippen MR) is 106 cm³/mol. The summed E-state index contributed by atoms with van der Waals surface area (Å²) in [5, 5.41) is 6.36. The Morgan fingerprint density at radius 2 is 1.82 bits per heavy atom. The molecule has 0 spiro atoms. The molecule has 0 aliphatic rings. The summed E-state index contributed by atoms with van der Waals surface area (Å²) in [6, 6.07) is 10.1. The summed E-state index contributed by atoms with van der Waals surface area (Å²) in [6.45, 7) is 1.72. The summed E-state index contributed by atoms with van der Waals surface area (Å²) in [5.74, 6) is -1.72. The van der Waals surface area contributed by atoms with E-state index in [9.17, 15) is 22.8 Å². The van der Waals surface area contributed by atoms with Crippen LogP contribution >= 0.6 is 11.3 Å². The van der Waals surface area contributed by atoms with Crippen LogP contribution in [0.2, 0.25) is 0 Å². The lowest BCUT2D eigenvalue weighted by atomic mass is 10.2. The number of thiophene rings is 1. The van der Waals surface area contributed by atoms with Crippen molar-refractivity contribution < 1.29 is 27.5 Å². The summed E-state index contributed by atoms with van der Waals surface area (Å²) < 4.78 is 29.0. The zero-order valence-corrected chi connectivity index (χ0v) is 16.8. The number of rotatable bonds is 8. The first-order chi connectivity index (χ1) is 13.3. The van der Waals surface area contributed by atoms with E-state index in [0.717, 1.165) is 11.3 Å². The van der Waals surface area contributed by atoms with Crippen LogP contribution in [0.4, 0.5) is 9.80 Å². The summed E-state index contributed by atoms with van der Waals surface area (Å²) in [4.78, 5) is 35.5. The zero-order valence-electron chi connectivity index (χ0n) is 15.1. The predicted octanol–water partition coefficient (Wildman–Crippen LogP) is 2.58. The van der Waals surface area contributed by atoms with E-state index in [1.54, 1.807) is 42.6 Å². The molecule has 0 fully saturated rings. The number of carbonyl (C=O) groups excluding carboxylic acids is 3. The molecule has 2 aromatic rings. The first kappa shape index (κ1) is 21.6. The van der Waals surface area contributed by atoms with Crippen molar-refractivity contribution in [3.63, 3.8) is 0 Å². The molecule has 8 nitrogen and oxygen atoms in total. The van der Waals surface area contributed by atoms with Crippen molar-refractivity contribution in [2.75, 3.05) is 17.7 Å². The highest BCUT2D eigenvalue weighted by Crippen LogP contribution is 2.23. The van der Waals surface area contributed by atoms with Crippen LogP contribution in [0.3, 0.4) is 0 Å². The van der Waals surface area contributed by atoms with E-state index in [2.05, 4.69) is 10.1 Å². The molecular formula is C18H20N2O6S2. The minimum Gasteiger partial charge on any atom is -0.450 e. The Balaban J connectivity index is 1.91. The number of anilines is 1. The van der Waals surface area contributed by atoms with Gasteiger partial charge in [0.15, 0.2) is 9.84 Å². The topological polar surface area (TPSA) is 119 Å². The highest BCUT2D eigenvalue weighted by atomic mass is 32.2. The fraction of sp³-hybridized carbons (Fsp3) is 0.278. The molecule has 0 saturated carbocycles. The van der Waals surface area contributed by atoms with Crippen LogP contribution in [0.15, 0.2) is 41.8 Å². The molecule has 1 aromatic heterocycles. The van der Waals surface area contributed by atoms with E-state index in [-0.39, 0.29) is 35.1 Å². The van der Waals surface area contributed by atoms with Crippen molar-refractivity contribution in [1.82, 2.24) is 5.32 Å². The second-order valence-corrected chi connectivity index (χ2v) is 8.81. The molecule has 0 bridgehead atoms. The van der Waals surface area contributed by atoms with Crippen LogP contribution < -0.4 is 10.6 Å². The van der Waals surface area contributed by atoms with Crippen LogP contribution in [0.5, 0.6) is 0 Å². The number of sulfone groups is 1. The van der Waals surface area contributed by atoms with E-state index in [1.165, 1.54) is 6.07 Å². The van der Waals surface area contributed by atoms with E-state index in [1.807, 2.05) is 5.32 Å². The van der Waals surface area contributed by atoms with Crippen LogP contribution in [0.25, 0.3) is 0 Å². The van der Waals surface area contributed by atoms with Gasteiger partial charge in [-0.05, 0) is 23.9 Å². The molecule has 0 aliphatic heterocycles. The maximum atomic E-state index is 12.2. The van der Waals surface area contributed by atoms with Gasteiger partial charge in [-0.2, -0.15) is 0 Å². The van der Waals surface area contributed by atoms with Gasteiger partial charge in [0.05, 0.1) is 23.7 Å². The van der Waals surface area contributed by atoms with Gasteiger partial charge in [-0.25, -0.2) is 13.2 Å². The minimum absolute atomic E-state index is 0.0959. The lowest BCUT2D eigenvalue weighted by Gasteiger charge is -2.08. The van der Waals surface area contributed by atoms with Gasteiger partial charge < -0.3 is 10.1 Å². The first-order valence-corrected chi connectivity index (χ1v) is 11.1. The molecule has 1 heterocycles. The summed E-state index contributed by atoms with van der Waals surface area (Å²) in [7, 11) is -3.46. The van der Waals surface area contributed by atoms with Gasteiger partial charge in [0.2, 0.25) is 5.91 Å². The molecule has 0 saturated heterocycles. The van der Waals surface area contributed by atoms with Gasteiger partial charge in [0, 0.05) is 6.42 Å². The molecule has 0 atom stereocenters. The molecule has 2 rings (SSSR count). The fourth-order valence-corrected chi connectivity index (χ4v) is 4.39. The lowest BCUT2D eigenvalue weighted by molar-refractivity contribution is -0.115. The number of imide groups is 1. The molecule has 0 unspecified atom stereocenters. The number of hydrogen-bond donors (Lipinski definition) is 2. The van der Waals surface area contributed by atoms with Crippen molar-refractivity contribution in [2.24, 2.45) is 0 Å². The summed E-state index contributed by atoms with van der Waals surface area (Å²) >= 11 is 1.09. The van der Waals surface area contributed by atoms with Gasteiger partial charge in [-0.3, -0.25) is 14.9 Å². The highest BCUT2D eigenvalue weighted by molar-refractivity contribution is 7.90. The van der Waals surface area contributed by atoms with Crippen molar-refractivity contribution in [3.8, 4) is 0 Å². The molecule has 28 heavy (non-hydrogen) atoms. The normalized spacial score (nSPS) is 10.9. The number of carbonyl (C=O) groups is 3. The number of nitrogens with one attached hydrogen (secondary N) is 2. The standard InChI is InChI=1S/C18H20N2O6S2/c1-2-26-18(23)20-16(22)14-8-10-27-17(14)19-15(21)9-11-28(24,25)12-13-6-4-3-5-7-13/h3-8,10H,2,9,11-12H2,1H3,(H,19,21)(H,20,22,23). The molecule has 2 N–H and O–H groups in total. The maximum absolute atomic E-state index is 12.2. The quantitative estimate of drug-likeness (QED) is 0.672. The average Bonchev–Trinajstić information content (AvgIpc) is 3.09. The molecule has 3 amide bonds. The van der Waals surface area contributed by atoms with E-state index in [4.69, 9.17) is 0 Å². The Morgan fingerprint density at radius 3 is 2.50 bits per heavy atom. The monoisotopic (exact) mass is 424 g/mol. The average molecular weight is 425 g/mol. The molecule has 0 aliphatic carbocycles.